The highest BCUT2D eigenvalue weighted by molar-refractivity contribution is 5.73. The number of urea groups is 1. The summed E-state index contributed by atoms with van der Waals surface area (Å²) in [6, 6.07) is -0.0862. The Morgan fingerprint density at radius 3 is 2.54 bits per heavy atom. The molecular weight excluding hydrogens is 168 g/mol. The summed E-state index contributed by atoms with van der Waals surface area (Å²) in [6.07, 6.45) is 3.93. The van der Waals surface area contributed by atoms with Gasteiger partial charge >= 0.3 is 6.03 Å². The van der Waals surface area contributed by atoms with E-state index in [0.29, 0.717) is 0 Å². The average molecular weight is 184 g/mol. The molecule has 0 bridgehead atoms. The molecule has 13 heavy (non-hydrogen) atoms. The molecule has 1 heterocycles. The zero-order valence-corrected chi connectivity index (χ0v) is 7.95. The Bertz CT molecular complexity index is 196. The molecule has 2 atom stereocenters. The predicted octanol–water partition coefficient (Wildman–Crippen LogP) is 0.989. The molecule has 2 rings (SSSR count). The summed E-state index contributed by atoms with van der Waals surface area (Å²) in [4.78, 5) is 17.8. The molecule has 0 spiro atoms. The van der Waals surface area contributed by atoms with E-state index in [1.54, 1.807) is 0 Å². The number of nitrogens with zero attached hydrogens (tertiary/aromatic N) is 1. The van der Waals surface area contributed by atoms with Crippen LogP contribution in [0.3, 0.4) is 0 Å². The van der Waals surface area contributed by atoms with E-state index in [2.05, 4.69) is 10.3 Å². The number of rotatable bonds is 1. The van der Waals surface area contributed by atoms with E-state index in [4.69, 9.17) is 0 Å². The molecule has 74 valence electrons. The van der Waals surface area contributed by atoms with Gasteiger partial charge in [-0.2, -0.15) is 0 Å². The molecule has 4 nitrogen and oxygen atoms in total. The standard InChI is InChI=1S/C9H16N2O2/c1-13-10-9(12)11-5-7-3-2-4-8(7)6-11/h7-8H,2-6H2,1H3,(H,10,12). The number of carbonyl (C=O) groups is 1. The largest absolute Gasteiger partial charge is 0.341 e. The molecule has 0 radical (unpaired) electrons. The van der Waals surface area contributed by atoms with Crippen molar-refractivity contribution in [2.45, 2.75) is 19.3 Å². The molecule has 1 saturated heterocycles. The lowest BCUT2D eigenvalue weighted by molar-refractivity contribution is 0.0894. The van der Waals surface area contributed by atoms with E-state index in [1.807, 2.05) is 4.90 Å². The molecule has 1 saturated carbocycles. The average Bonchev–Trinajstić information content (AvgIpc) is 2.61. The van der Waals surface area contributed by atoms with Gasteiger partial charge in [-0.1, -0.05) is 6.42 Å². The van der Waals surface area contributed by atoms with Crippen molar-refractivity contribution >= 4 is 6.03 Å². The lowest BCUT2D eigenvalue weighted by Crippen LogP contribution is -2.38. The number of hydrogen-bond donors (Lipinski definition) is 1. The molecule has 1 aliphatic carbocycles. The van der Waals surface area contributed by atoms with E-state index in [0.717, 1.165) is 24.9 Å². The third-order valence-electron chi connectivity index (χ3n) is 3.20. The number of amides is 2. The number of carbonyl (C=O) groups excluding carboxylic acids is 1. The minimum Gasteiger partial charge on any atom is -0.322 e. The van der Waals surface area contributed by atoms with Gasteiger partial charge in [0.2, 0.25) is 0 Å². The van der Waals surface area contributed by atoms with Crippen molar-refractivity contribution < 1.29 is 9.63 Å². The molecule has 2 amide bonds. The predicted molar refractivity (Wildman–Crippen MR) is 47.9 cm³/mol. The maximum atomic E-state index is 11.4. The van der Waals surface area contributed by atoms with E-state index in [-0.39, 0.29) is 6.03 Å². The summed E-state index contributed by atoms with van der Waals surface area (Å²) in [5.41, 5.74) is 2.36. The molecule has 1 aliphatic heterocycles. The van der Waals surface area contributed by atoms with Crippen LogP contribution < -0.4 is 5.48 Å². The SMILES string of the molecule is CONC(=O)N1CC2CCCC2C1. The lowest BCUT2D eigenvalue weighted by Gasteiger charge is -2.16. The second-order valence-corrected chi connectivity index (χ2v) is 3.97. The molecule has 0 aromatic carbocycles. The van der Waals surface area contributed by atoms with Gasteiger partial charge in [-0.25, -0.2) is 10.3 Å². The highest BCUT2D eigenvalue weighted by Gasteiger charge is 2.37. The van der Waals surface area contributed by atoms with Crippen LogP contribution in [-0.2, 0) is 4.84 Å². The van der Waals surface area contributed by atoms with Crippen LogP contribution in [-0.4, -0.2) is 31.1 Å². The fourth-order valence-electron chi connectivity index (χ4n) is 2.55. The quantitative estimate of drug-likeness (QED) is 0.617. The maximum Gasteiger partial charge on any atom is 0.341 e. The summed E-state index contributed by atoms with van der Waals surface area (Å²) >= 11 is 0. The van der Waals surface area contributed by atoms with E-state index in [1.165, 1.54) is 26.4 Å². The summed E-state index contributed by atoms with van der Waals surface area (Å²) in [5, 5.41) is 0. The van der Waals surface area contributed by atoms with Crippen LogP contribution in [0, 0.1) is 11.8 Å². The van der Waals surface area contributed by atoms with Crippen LogP contribution in [0.15, 0.2) is 0 Å². The minimum absolute atomic E-state index is 0.0862. The molecule has 2 aliphatic rings. The van der Waals surface area contributed by atoms with Crippen molar-refractivity contribution in [3.8, 4) is 0 Å². The fraction of sp³-hybridized carbons (Fsp3) is 0.889. The second kappa shape index (κ2) is 3.54. The van der Waals surface area contributed by atoms with E-state index >= 15 is 0 Å². The Morgan fingerprint density at radius 2 is 2.00 bits per heavy atom. The third-order valence-corrected chi connectivity index (χ3v) is 3.20. The first-order valence-electron chi connectivity index (χ1n) is 4.89. The van der Waals surface area contributed by atoms with Crippen LogP contribution in [0.1, 0.15) is 19.3 Å². The number of nitrogens with one attached hydrogen (secondary N) is 1. The fourth-order valence-corrected chi connectivity index (χ4v) is 2.55. The van der Waals surface area contributed by atoms with E-state index in [9.17, 15) is 4.79 Å². The monoisotopic (exact) mass is 184 g/mol. The Hall–Kier alpha value is -0.770. The van der Waals surface area contributed by atoms with Crippen LogP contribution in [0.25, 0.3) is 0 Å². The Labute approximate surface area is 78.2 Å². The molecule has 4 heteroatoms. The highest BCUT2D eigenvalue weighted by Crippen LogP contribution is 2.37. The third kappa shape index (κ3) is 1.63. The summed E-state index contributed by atoms with van der Waals surface area (Å²) in [5.74, 6) is 1.50. The number of fused-ring (bicyclic) bond motifs is 1. The molecule has 2 fully saturated rings. The van der Waals surface area contributed by atoms with E-state index < -0.39 is 0 Å². The summed E-state index contributed by atoms with van der Waals surface area (Å²) in [6.45, 7) is 1.83. The van der Waals surface area contributed by atoms with Crippen molar-refractivity contribution in [1.82, 2.24) is 10.4 Å². The number of hydroxylamine groups is 1. The van der Waals surface area contributed by atoms with Gasteiger partial charge in [0.05, 0.1) is 7.11 Å². The molecule has 2 unspecified atom stereocenters. The van der Waals surface area contributed by atoms with Gasteiger partial charge in [-0.05, 0) is 24.7 Å². The normalized spacial score (nSPS) is 31.9. The summed E-state index contributed by atoms with van der Waals surface area (Å²) < 4.78 is 0. The van der Waals surface area contributed by atoms with Crippen molar-refractivity contribution in [2.24, 2.45) is 11.8 Å². The van der Waals surface area contributed by atoms with Gasteiger partial charge in [0.1, 0.15) is 0 Å². The van der Waals surface area contributed by atoms with Gasteiger partial charge in [-0.3, -0.25) is 4.84 Å². The lowest BCUT2D eigenvalue weighted by atomic mass is 10.0. The zero-order chi connectivity index (χ0) is 9.26. The highest BCUT2D eigenvalue weighted by atomic mass is 16.6. The first kappa shape index (κ1) is 8.81. The van der Waals surface area contributed by atoms with Gasteiger partial charge in [0.25, 0.3) is 0 Å². The van der Waals surface area contributed by atoms with Crippen molar-refractivity contribution in [3.05, 3.63) is 0 Å². The van der Waals surface area contributed by atoms with Crippen LogP contribution >= 0.6 is 0 Å². The Kier molecular flexibility index (Phi) is 2.40. The van der Waals surface area contributed by atoms with Gasteiger partial charge in [0, 0.05) is 13.1 Å². The molecule has 0 aromatic heterocycles. The smallest absolute Gasteiger partial charge is 0.322 e. The molecular formula is C9H16N2O2. The topological polar surface area (TPSA) is 41.6 Å². The zero-order valence-electron chi connectivity index (χ0n) is 7.95. The van der Waals surface area contributed by atoms with Crippen LogP contribution in [0.5, 0.6) is 0 Å². The van der Waals surface area contributed by atoms with Crippen LogP contribution in [0.2, 0.25) is 0 Å². The van der Waals surface area contributed by atoms with Gasteiger partial charge < -0.3 is 4.90 Å². The maximum absolute atomic E-state index is 11.4. The first-order chi connectivity index (χ1) is 6.31. The second-order valence-electron chi connectivity index (χ2n) is 3.97. The Balaban J connectivity index is 1.87. The van der Waals surface area contributed by atoms with Crippen molar-refractivity contribution in [3.63, 3.8) is 0 Å². The van der Waals surface area contributed by atoms with Crippen LogP contribution in [0.4, 0.5) is 4.79 Å². The number of likely N-dealkylation sites (tertiary alicyclic amines) is 1. The van der Waals surface area contributed by atoms with Gasteiger partial charge in [0.15, 0.2) is 0 Å². The first-order valence-corrected chi connectivity index (χ1v) is 4.89. The Morgan fingerprint density at radius 1 is 1.38 bits per heavy atom. The van der Waals surface area contributed by atoms with Gasteiger partial charge in [-0.15, -0.1) is 0 Å². The summed E-state index contributed by atoms with van der Waals surface area (Å²) in [7, 11) is 1.47. The number of hydrogen-bond acceptors (Lipinski definition) is 2. The molecule has 0 aromatic rings. The van der Waals surface area contributed by atoms with Crippen molar-refractivity contribution in [1.29, 1.82) is 0 Å². The minimum atomic E-state index is -0.0862. The molecule has 1 N–H and O–H groups in total. The van der Waals surface area contributed by atoms with Crippen molar-refractivity contribution in [2.75, 3.05) is 20.2 Å².